The van der Waals surface area contributed by atoms with Gasteiger partial charge in [0.15, 0.2) is 0 Å². The van der Waals surface area contributed by atoms with Gasteiger partial charge in [0.2, 0.25) is 10.0 Å². The van der Waals surface area contributed by atoms with E-state index in [1.807, 2.05) is 6.92 Å². The van der Waals surface area contributed by atoms with Gasteiger partial charge in [0.05, 0.1) is 12.1 Å². The molecule has 0 radical (unpaired) electrons. The lowest BCUT2D eigenvalue weighted by Crippen LogP contribution is -2.42. The van der Waals surface area contributed by atoms with Crippen molar-refractivity contribution in [2.75, 3.05) is 13.1 Å². The normalized spacial score (nSPS) is 24.6. The third-order valence-electron chi connectivity index (χ3n) is 2.47. The number of aryl methyl sites for hydroxylation is 1. The quantitative estimate of drug-likeness (QED) is 0.739. The van der Waals surface area contributed by atoms with Crippen LogP contribution in [0, 0.1) is 6.92 Å². The summed E-state index contributed by atoms with van der Waals surface area (Å²) in [4.78, 5) is 0.950. The van der Waals surface area contributed by atoms with Gasteiger partial charge >= 0.3 is 0 Å². The Balaban J connectivity index is 0.00000144. The third kappa shape index (κ3) is 3.40. The minimum atomic E-state index is -3.49. The highest BCUT2D eigenvalue weighted by Gasteiger charge is 2.30. The van der Waals surface area contributed by atoms with Gasteiger partial charge in [0, 0.05) is 18.0 Å². The number of hydrogen-bond acceptors (Lipinski definition) is 5. The van der Waals surface area contributed by atoms with E-state index in [0.717, 1.165) is 4.88 Å². The van der Waals surface area contributed by atoms with E-state index in [0.29, 0.717) is 17.3 Å². The molecule has 1 aromatic heterocycles. The molecule has 8 heteroatoms. The van der Waals surface area contributed by atoms with E-state index >= 15 is 0 Å². The van der Waals surface area contributed by atoms with Crippen molar-refractivity contribution >= 4 is 33.8 Å². The van der Waals surface area contributed by atoms with E-state index in [1.165, 1.54) is 11.3 Å². The first-order valence-electron chi connectivity index (χ1n) is 4.96. The van der Waals surface area contributed by atoms with Crippen molar-refractivity contribution in [3.05, 3.63) is 17.0 Å². The van der Waals surface area contributed by atoms with Gasteiger partial charge in [-0.25, -0.2) is 13.1 Å². The molecule has 2 atom stereocenters. The maximum atomic E-state index is 11.9. The van der Waals surface area contributed by atoms with E-state index < -0.39 is 22.2 Å². The van der Waals surface area contributed by atoms with E-state index in [-0.39, 0.29) is 12.4 Å². The van der Waals surface area contributed by atoms with Crippen molar-refractivity contribution < 1.29 is 13.5 Å². The summed E-state index contributed by atoms with van der Waals surface area (Å²) < 4.78 is 26.6. The highest BCUT2D eigenvalue weighted by Crippen LogP contribution is 2.21. The summed E-state index contributed by atoms with van der Waals surface area (Å²) in [5, 5.41) is 12.4. The number of aliphatic hydroxyl groups excluding tert-OH is 1. The molecular formula is C9H15ClN2O3S2. The average molecular weight is 299 g/mol. The Morgan fingerprint density at radius 3 is 2.65 bits per heavy atom. The fourth-order valence-electron chi connectivity index (χ4n) is 1.60. The highest BCUT2D eigenvalue weighted by molar-refractivity contribution is 7.91. The first kappa shape index (κ1) is 14.9. The number of nitrogens with one attached hydrogen (secondary N) is 2. The summed E-state index contributed by atoms with van der Waals surface area (Å²) in [5.74, 6) is 0. The minimum absolute atomic E-state index is 0. The molecule has 0 unspecified atom stereocenters. The molecular weight excluding hydrogens is 284 g/mol. The molecule has 1 aliphatic heterocycles. The van der Waals surface area contributed by atoms with Crippen molar-refractivity contribution in [2.45, 2.75) is 23.3 Å². The molecule has 1 fully saturated rings. The fourth-order valence-corrected chi connectivity index (χ4v) is 4.17. The Morgan fingerprint density at radius 2 is 2.18 bits per heavy atom. The van der Waals surface area contributed by atoms with Crippen LogP contribution in [-0.4, -0.2) is 38.8 Å². The molecule has 1 saturated heterocycles. The van der Waals surface area contributed by atoms with Gasteiger partial charge < -0.3 is 10.4 Å². The molecule has 98 valence electrons. The number of thiophene rings is 1. The predicted octanol–water partition coefficient (Wildman–Crippen LogP) is 0.0893. The van der Waals surface area contributed by atoms with E-state index in [2.05, 4.69) is 10.0 Å². The van der Waals surface area contributed by atoms with Gasteiger partial charge in [-0.05, 0) is 19.1 Å². The lowest BCUT2D eigenvalue weighted by molar-refractivity contribution is 0.173. The van der Waals surface area contributed by atoms with Crippen LogP contribution in [0.4, 0.5) is 0 Å². The number of sulfonamides is 1. The minimum Gasteiger partial charge on any atom is -0.390 e. The topological polar surface area (TPSA) is 78.4 Å². The third-order valence-corrected chi connectivity index (χ3v) is 5.45. The van der Waals surface area contributed by atoms with Crippen molar-refractivity contribution in [1.29, 1.82) is 0 Å². The van der Waals surface area contributed by atoms with Gasteiger partial charge in [0.25, 0.3) is 0 Å². The second kappa shape index (κ2) is 5.64. The Hall–Kier alpha value is -0.180. The summed E-state index contributed by atoms with van der Waals surface area (Å²) in [6.07, 6.45) is -0.657. The van der Waals surface area contributed by atoms with Crippen LogP contribution in [0.25, 0.3) is 0 Å². The number of halogens is 1. The summed E-state index contributed by atoms with van der Waals surface area (Å²) in [6.45, 7) is 2.75. The average Bonchev–Trinajstić information content (AvgIpc) is 2.77. The number of β-amino-alcohol motifs (C(OH)–C–C–N with tert-alkyl or cyclic N) is 1. The Bertz CT molecular complexity index is 474. The SMILES string of the molecule is Cc1ccc(S(=O)(=O)N[C@@H]2CNC[C@H]2O)s1.Cl. The fraction of sp³-hybridized carbons (Fsp3) is 0.556. The van der Waals surface area contributed by atoms with Crippen molar-refractivity contribution in [3.63, 3.8) is 0 Å². The number of hydrogen-bond donors (Lipinski definition) is 3. The summed E-state index contributed by atoms with van der Waals surface area (Å²) >= 11 is 1.23. The zero-order valence-corrected chi connectivity index (χ0v) is 11.7. The van der Waals surface area contributed by atoms with E-state index in [1.54, 1.807) is 12.1 Å². The lowest BCUT2D eigenvalue weighted by atomic mass is 10.2. The first-order valence-corrected chi connectivity index (χ1v) is 7.26. The Morgan fingerprint density at radius 1 is 1.47 bits per heavy atom. The van der Waals surface area contributed by atoms with Crippen LogP contribution in [-0.2, 0) is 10.0 Å². The van der Waals surface area contributed by atoms with Gasteiger partial charge in [-0.1, -0.05) is 0 Å². The zero-order chi connectivity index (χ0) is 11.8. The van der Waals surface area contributed by atoms with Crippen molar-refractivity contribution in [2.24, 2.45) is 0 Å². The number of rotatable bonds is 3. The smallest absolute Gasteiger partial charge is 0.250 e. The summed E-state index contributed by atoms with van der Waals surface area (Å²) in [6, 6.07) is 2.91. The van der Waals surface area contributed by atoms with Crippen LogP contribution in [0.3, 0.4) is 0 Å². The second-order valence-corrected chi connectivity index (χ2v) is 7.05. The van der Waals surface area contributed by atoms with Crippen LogP contribution < -0.4 is 10.0 Å². The molecule has 0 amide bonds. The maximum Gasteiger partial charge on any atom is 0.250 e. The van der Waals surface area contributed by atoms with E-state index in [9.17, 15) is 13.5 Å². The molecule has 17 heavy (non-hydrogen) atoms. The Labute approximate surface area is 111 Å². The van der Waals surface area contributed by atoms with Gasteiger partial charge in [-0.3, -0.25) is 0 Å². The van der Waals surface area contributed by atoms with Crippen LogP contribution in [0.5, 0.6) is 0 Å². The molecule has 0 aliphatic carbocycles. The molecule has 2 rings (SSSR count). The molecule has 0 bridgehead atoms. The monoisotopic (exact) mass is 298 g/mol. The summed E-state index contributed by atoms with van der Waals surface area (Å²) in [5.41, 5.74) is 0. The number of aliphatic hydroxyl groups is 1. The van der Waals surface area contributed by atoms with Crippen LogP contribution in [0.1, 0.15) is 4.88 Å². The molecule has 5 nitrogen and oxygen atoms in total. The first-order chi connectivity index (χ1) is 7.49. The molecule has 1 aromatic rings. The van der Waals surface area contributed by atoms with Crippen molar-refractivity contribution in [3.8, 4) is 0 Å². The molecule has 0 spiro atoms. The zero-order valence-electron chi connectivity index (χ0n) is 9.21. The predicted molar refractivity (Wildman–Crippen MR) is 69.3 cm³/mol. The maximum absolute atomic E-state index is 11.9. The lowest BCUT2D eigenvalue weighted by Gasteiger charge is -2.14. The molecule has 2 heterocycles. The van der Waals surface area contributed by atoms with Gasteiger partial charge in [0.1, 0.15) is 4.21 Å². The van der Waals surface area contributed by atoms with Crippen molar-refractivity contribution in [1.82, 2.24) is 10.0 Å². The molecule has 1 aliphatic rings. The van der Waals surface area contributed by atoms with Gasteiger partial charge in [-0.2, -0.15) is 0 Å². The molecule has 3 N–H and O–H groups in total. The van der Waals surface area contributed by atoms with Crippen LogP contribution >= 0.6 is 23.7 Å². The van der Waals surface area contributed by atoms with E-state index in [4.69, 9.17) is 0 Å². The summed E-state index contributed by atoms with van der Waals surface area (Å²) in [7, 11) is -3.49. The standard InChI is InChI=1S/C9H14N2O3S2.ClH/c1-6-2-3-9(15-6)16(13,14)11-7-4-10-5-8(7)12;/h2-3,7-8,10-12H,4-5H2,1H3;1H/t7-,8-;/m1./s1. The van der Waals surface area contributed by atoms with Gasteiger partial charge in [-0.15, -0.1) is 23.7 Å². The van der Waals surface area contributed by atoms with Crippen LogP contribution in [0.15, 0.2) is 16.3 Å². The molecule has 0 saturated carbocycles. The van der Waals surface area contributed by atoms with Crippen LogP contribution in [0.2, 0.25) is 0 Å². The second-order valence-electron chi connectivity index (χ2n) is 3.82. The Kier molecular flexibility index (Phi) is 4.94. The highest BCUT2D eigenvalue weighted by atomic mass is 35.5. The molecule has 0 aromatic carbocycles. The largest absolute Gasteiger partial charge is 0.390 e.